The summed E-state index contributed by atoms with van der Waals surface area (Å²) in [6.07, 6.45) is 0. The second kappa shape index (κ2) is 4.53. The Kier molecular flexibility index (Phi) is 2.83. The number of benzene rings is 2. The van der Waals surface area contributed by atoms with Gasteiger partial charge in [0.1, 0.15) is 11.6 Å². The van der Waals surface area contributed by atoms with E-state index < -0.39 is 5.82 Å². The van der Waals surface area contributed by atoms with E-state index in [1.54, 1.807) is 0 Å². The summed E-state index contributed by atoms with van der Waals surface area (Å²) in [5.41, 5.74) is 2.93. The van der Waals surface area contributed by atoms with E-state index in [1.165, 1.54) is 18.2 Å². The minimum Gasteiger partial charge on any atom is -0.507 e. The highest BCUT2D eigenvalue weighted by Gasteiger charge is 2.13. The van der Waals surface area contributed by atoms with Gasteiger partial charge in [0.25, 0.3) is 0 Å². The average molecular weight is 267 g/mol. The molecular weight excluding hydrogens is 253 g/mol. The minimum atomic E-state index is -0.391. The molecule has 0 saturated heterocycles. The van der Waals surface area contributed by atoms with Crippen molar-refractivity contribution < 1.29 is 9.50 Å². The second-order valence-electron chi connectivity index (χ2n) is 4.79. The molecular formula is C17H14FNO. The maximum Gasteiger partial charge on any atom is 0.124 e. The molecule has 0 aliphatic heterocycles. The fraction of sp³-hybridized carbons (Fsp3) is 0.0588. The number of para-hydroxylation sites is 1. The summed E-state index contributed by atoms with van der Waals surface area (Å²) < 4.78 is 15.4. The lowest BCUT2D eigenvalue weighted by Crippen LogP contribution is -1.96. The summed E-state index contributed by atoms with van der Waals surface area (Å²) in [6.45, 7) is 4.01. The summed E-state index contributed by atoms with van der Waals surface area (Å²) in [7, 11) is 1.93. The third-order valence-corrected chi connectivity index (χ3v) is 3.54. The van der Waals surface area contributed by atoms with Gasteiger partial charge in [0.15, 0.2) is 0 Å². The number of aromatic hydroxyl groups is 1. The van der Waals surface area contributed by atoms with Crippen molar-refractivity contribution in [1.29, 1.82) is 0 Å². The van der Waals surface area contributed by atoms with Gasteiger partial charge in [-0.2, -0.15) is 0 Å². The zero-order valence-electron chi connectivity index (χ0n) is 11.1. The maximum absolute atomic E-state index is 13.4. The highest BCUT2D eigenvalue weighted by Crippen LogP contribution is 2.32. The Hall–Kier alpha value is -2.55. The lowest BCUT2D eigenvalue weighted by Gasteiger charge is -2.10. The van der Waals surface area contributed by atoms with Crippen molar-refractivity contribution in [2.24, 2.45) is 7.05 Å². The van der Waals surface area contributed by atoms with Gasteiger partial charge in [0.2, 0.25) is 0 Å². The Labute approximate surface area is 116 Å². The van der Waals surface area contributed by atoms with Crippen LogP contribution in [-0.2, 0) is 7.05 Å². The van der Waals surface area contributed by atoms with Crippen molar-refractivity contribution in [3.05, 3.63) is 72.2 Å². The van der Waals surface area contributed by atoms with Crippen LogP contribution in [0.3, 0.4) is 0 Å². The first-order valence-corrected chi connectivity index (χ1v) is 6.30. The first-order valence-electron chi connectivity index (χ1n) is 6.30. The molecule has 0 amide bonds. The minimum absolute atomic E-state index is 0.0293. The average Bonchev–Trinajstić information content (AvgIpc) is 2.79. The lowest BCUT2D eigenvalue weighted by atomic mass is 10.0. The van der Waals surface area contributed by atoms with Crippen LogP contribution in [0.25, 0.3) is 16.5 Å². The van der Waals surface area contributed by atoms with Crippen LogP contribution in [0.1, 0.15) is 11.3 Å². The van der Waals surface area contributed by atoms with Crippen LogP contribution in [0.2, 0.25) is 0 Å². The molecule has 2 aromatic carbocycles. The molecule has 1 heterocycles. The van der Waals surface area contributed by atoms with Gasteiger partial charge < -0.3 is 9.67 Å². The van der Waals surface area contributed by atoms with Crippen molar-refractivity contribution in [2.45, 2.75) is 0 Å². The fourth-order valence-electron chi connectivity index (χ4n) is 2.47. The van der Waals surface area contributed by atoms with Crippen LogP contribution >= 0.6 is 0 Å². The smallest absolute Gasteiger partial charge is 0.124 e. The molecule has 1 aromatic heterocycles. The molecule has 0 aliphatic carbocycles. The maximum atomic E-state index is 13.4. The predicted molar refractivity (Wildman–Crippen MR) is 79.1 cm³/mol. The number of phenolic OH excluding ortho intramolecular Hbond substituents is 1. The summed E-state index contributed by atoms with van der Waals surface area (Å²) in [6, 6.07) is 13.8. The molecule has 0 unspecified atom stereocenters. The van der Waals surface area contributed by atoms with Crippen LogP contribution in [0.4, 0.5) is 4.39 Å². The van der Waals surface area contributed by atoms with E-state index in [4.69, 9.17) is 0 Å². The molecule has 0 radical (unpaired) electrons. The second-order valence-corrected chi connectivity index (χ2v) is 4.79. The van der Waals surface area contributed by atoms with Crippen LogP contribution in [0.5, 0.6) is 5.75 Å². The van der Waals surface area contributed by atoms with Gasteiger partial charge >= 0.3 is 0 Å². The highest BCUT2D eigenvalue weighted by molar-refractivity contribution is 5.89. The molecule has 0 spiro atoms. The molecule has 3 rings (SSSR count). The molecule has 20 heavy (non-hydrogen) atoms. The highest BCUT2D eigenvalue weighted by atomic mass is 19.1. The number of fused-ring (bicyclic) bond motifs is 1. The quantitative estimate of drug-likeness (QED) is 0.743. The topological polar surface area (TPSA) is 25.2 Å². The van der Waals surface area contributed by atoms with E-state index in [0.717, 1.165) is 16.6 Å². The molecule has 0 bridgehead atoms. The third-order valence-electron chi connectivity index (χ3n) is 3.54. The molecule has 0 fully saturated rings. The Bertz CT molecular complexity index is 817. The molecule has 100 valence electrons. The number of hydrogen-bond acceptors (Lipinski definition) is 1. The Morgan fingerprint density at radius 1 is 1.15 bits per heavy atom. The number of nitrogens with zero attached hydrogens (tertiary/aromatic N) is 1. The van der Waals surface area contributed by atoms with Gasteiger partial charge in [-0.15, -0.1) is 0 Å². The summed E-state index contributed by atoms with van der Waals surface area (Å²) >= 11 is 0. The normalized spacial score (nSPS) is 10.9. The third kappa shape index (κ3) is 1.88. The van der Waals surface area contributed by atoms with E-state index in [1.807, 2.05) is 41.9 Å². The van der Waals surface area contributed by atoms with Crippen molar-refractivity contribution >= 4 is 16.5 Å². The zero-order chi connectivity index (χ0) is 14.3. The first kappa shape index (κ1) is 12.5. The van der Waals surface area contributed by atoms with E-state index in [0.29, 0.717) is 11.1 Å². The van der Waals surface area contributed by atoms with Gasteiger partial charge in [0.05, 0.1) is 0 Å². The largest absolute Gasteiger partial charge is 0.507 e. The number of phenols is 1. The van der Waals surface area contributed by atoms with Crippen LogP contribution in [0.15, 0.2) is 55.1 Å². The molecule has 2 nitrogen and oxygen atoms in total. The van der Waals surface area contributed by atoms with Crippen molar-refractivity contribution in [3.63, 3.8) is 0 Å². The number of rotatable bonds is 2. The van der Waals surface area contributed by atoms with Gasteiger partial charge in [0, 0.05) is 34.8 Å². The molecule has 1 N–H and O–H groups in total. The number of hydrogen-bond donors (Lipinski definition) is 1. The fourth-order valence-corrected chi connectivity index (χ4v) is 2.47. The zero-order valence-corrected chi connectivity index (χ0v) is 11.1. The lowest BCUT2D eigenvalue weighted by molar-refractivity contribution is 0.471. The Morgan fingerprint density at radius 3 is 2.65 bits per heavy atom. The molecule has 3 aromatic rings. The van der Waals surface area contributed by atoms with Gasteiger partial charge in [-0.05, 0) is 30.3 Å². The first-order chi connectivity index (χ1) is 9.58. The number of aryl methyl sites for hydroxylation is 1. The summed E-state index contributed by atoms with van der Waals surface area (Å²) in [5.74, 6) is -0.362. The Balaban J connectivity index is 2.17. The van der Waals surface area contributed by atoms with Crippen LogP contribution in [0, 0.1) is 5.82 Å². The molecule has 0 saturated carbocycles. The molecule has 0 aliphatic rings. The predicted octanol–water partition coefficient (Wildman–Crippen LogP) is 4.08. The number of halogens is 1. The Morgan fingerprint density at radius 2 is 1.90 bits per heavy atom. The standard InChI is InChI=1S/C17H14FNO/c1-11(14-10-13(18)7-8-17(14)20)16-9-12-5-3-4-6-15(12)19(16)2/h3-10,20H,1H2,2H3. The monoisotopic (exact) mass is 267 g/mol. The van der Waals surface area contributed by atoms with Gasteiger partial charge in [-0.3, -0.25) is 0 Å². The van der Waals surface area contributed by atoms with Gasteiger partial charge in [-0.25, -0.2) is 4.39 Å². The van der Waals surface area contributed by atoms with E-state index >= 15 is 0 Å². The molecule has 3 heteroatoms. The van der Waals surface area contributed by atoms with Crippen LogP contribution in [-0.4, -0.2) is 9.67 Å². The van der Waals surface area contributed by atoms with E-state index in [-0.39, 0.29) is 5.75 Å². The van der Waals surface area contributed by atoms with E-state index in [9.17, 15) is 9.50 Å². The van der Waals surface area contributed by atoms with Crippen molar-refractivity contribution in [3.8, 4) is 5.75 Å². The summed E-state index contributed by atoms with van der Waals surface area (Å²) in [4.78, 5) is 0. The molecule has 0 atom stereocenters. The van der Waals surface area contributed by atoms with Crippen LogP contribution < -0.4 is 0 Å². The van der Waals surface area contributed by atoms with Gasteiger partial charge in [-0.1, -0.05) is 24.8 Å². The SMILES string of the molecule is C=C(c1cc(F)ccc1O)c1cc2ccccc2n1C. The van der Waals surface area contributed by atoms with E-state index in [2.05, 4.69) is 6.58 Å². The van der Waals surface area contributed by atoms with Crippen molar-refractivity contribution in [2.75, 3.05) is 0 Å². The summed E-state index contributed by atoms with van der Waals surface area (Å²) in [5, 5.41) is 11.0. The van der Waals surface area contributed by atoms with Crippen molar-refractivity contribution in [1.82, 2.24) is 4.57 Å². The number of aromatic nitrogens is 1.